The van der Waals surface area contributed by atoms with Crippen molar-refractivity contribution in [3.63, 3.8) is 0 Å². The Morgan fingerprint density at radius 1 is 1.15 bits per heavy atom. The van der Waals surface area contributed by atoms with Crippen LogP contribution in [0.2, 0.25) is 5.02 Å². The molecule has 0 bridgehead atoms. The number of carbonyl (C=O) groups excluding carboxylic acids is 1. The molecular weight excluding hydrogens is 360 g/mol. The van der Waals surface area contributed by atoms with E-state index in [-0.39, 0.29) is 5.91 Å². The summed E-state index contributed by atoms with van der Waals surface area (Å²) in [6.07, 6.45) is 2.46. The first-order valence-electron chi connectivity index (χ1n) is 8.82. The Labute approximate surface area is 163 Å². The van der Waals surface area contributed by atoms with Gasteiger partial charge in [-0.05, 0) is 48.2 Å². The number of anilines is 2. The van der Waals surface area contributed by atoms with Crippen LogP contribution in [0.4, 0.5) is 11.6 Å². The van der Waals surface area contributed by atoms with E-state index in [1.807, 2.05) is 42.2 Å². The van der Waals surface area contributed by atoms with Crippen LogP contribution in [0.25, 0.3) is 0 Å². The van der Waals surface area contributed by atoms with Crippen molar-refractivity contribution < 1.29 is 4.79 Å². The molecule has 0 radical (unpaired) electrons. The zero-order valence-electron chi connectivity index (χ0n) is 14.9. The molecule has 1 aliphatic rings. The zero-order valence-corrected chi connectivity index (χ0v) is 15.7. The Hall–Kier alpha value is -2.92. The Morgan fingerprint density at radius 2 is 1.96 bits per heavy atom. The number of hydrogen-bond acceptors (Lipinski definition) is 4. The molecule has 5 nitrogen and oxygen atoms in total. The third-order valence-corrected chi connectivity index (χ3v) is 4.97. The maximum atomic E-state index is 12.9. The smallest absolute Gasteiger partial charge is 0.272 e. The second-order valence-electron chi connectivity index (χ2n) is 6.60. The number of halogens is 1. The second-order valence-corrected chi connectivity index (χ2v) is 7.03. The fourth-order valence-corrected chi connectivity index (χ4v) is 3.39. The van der Waals surface area contributed by atoms with E-state index in [9.17, 15) is 4.79 Å². The molecule has 0 spiro atoms. The quantitative estimate of drug-likeness (QED) is 0.734. The average molecular weight is 379 g/mol. The molecule has 1 N–H and O–H groups in total. The van der Waals surface area contributed by atoms with Gasteiger partial charge in [-0.25, -0.2) is 9.97 Å². The van der Waals surface area contributed by atoms with E-state index in [1.54, 1.807) is 12.3 Å². The standard InChI is InChI=1S/C21H19ClN4O/c1-14-6-7-17(22)12-19(14)25-21-23-10-8-18(24-21)20(27)26-11-9-15-4-2-3-5-16(15)13-26/h2-8,10,12H,9,11,13H2,1H3,(H,23,24,25). The number of benzene rings is 2. The van der Waals surface area contributed by atoms with E-state index in [4.69, 9.17) is 11.6 Å². The lowest BCUT2D eigenvalue weighted by molar-refractivity contribution is 0.0728. The molecule has 6 heteroatoms. The molecular formula is C21H19ClN4O. The molecule has 136 valence electrons. The monoisotopic (exact) mass is 378 g/mol. The van der Waals surface area contributed by atoms with Crippen LogP contribution in [-0.4, -0.2) is 27.3 Å². The van der Waals surface area contributed by atoms with Crippen molar-refractivity contribution in [1.82, 2.24) is 14.9 Å². The summed E-state index contributed by atoms with van der Waals surface area (Å²) in [5.41, 5.74) is 4.72. The SMILES string of the molecule is Cc1ccc(Cl)cc1Nc1nccc(C(=O)N2CCc3ccccc3C2)n1. The first-order chi connectivity index (χ1) is 13.1. The molecule has 1 amide bonds. The van der Waals surface area contributed by atoms with Crippen molar-refractivity contribution in [2.75, 3.05) is 11.9 Å². The second kappa shape index (κ2) is 7.37. The van der Waals surface area contributed by atoms with Gasteiger partial charge >= 0.3 is 0 Å². The van der Waals surface area contributed by atoms with Crippen LogP contribution in [0.3, 0.4) is 0 Å². The lowest BCUT2D eigenvalue weighted by atomic mass is 10.00. The molecule has 27 heavy (non-hydrogen) atoms. The highest BCUT2D eigenvalue weighted by atomic mass is 35.5. The molecule has 4 rings (SSSR count). The number of aromatic nitrogens is 2. The maximum absolute atomic E-state index is 12.9. The van der Waals surface area contributed by atoms with Crippen LogP contribution in [0.5, 0.6) is 0 Å². The Bertz CT molecular complexity index is 1000. The number of fused-ring (bicyclic) bond motifs is 1. The summed E-state index contributed by atoms with van der Waals surface area (Å²) in [6.45, 7) is 3.27. The molecule has 2 heterocycles. The van der Waals surface area contributed by atoms with Gasteiger partial charge in [0.05, 0.1) is 0 Å². The molecule has 0 unspecified atom stereocenters. The summed E-state index contributed by atoms with van der Waals surface area (Å²) >= 11 is 6.07. The van der Waals surface area contributed by atoms with Gasteiger partial charge in [0.15, 0.2) is 0 Å². The van der Waals surface area contributed by atoms with E-state index in [1.165, 1.54) is 11.1 Å². The van der Waals surface area contributed by atoms with Gasteiger partial charge in [0.2, 0.25) is 5.95 Å². The third-order valence-electron chi connectivity index (χ3n) is 4.74. The van der Waals surface area contributed by atoms with Crippen molar-refractivity contribution in [2.45, 2.75) is 19.9 Å². The van der Waals surface area contributed by atoms with Gasteiger partial charge < -0.3 is 10.2 Å². The first-order valence-corrected chi connectivity index (χ1v) is 9.20. The molecule has 3 aromatic rings. The fourth-order valence-electron chi connectivity index (χ4n) is 3.22. The molecule has 0 saturated carbocycles. The molecule has 2 aromatic carbocycles. The largest absolute Gasteiger partial charge is 0.333 e. The maximum Gasteiger partial charge on any atom is 0.272 e. The highest BCUT2D eigenvalue weighted by molar-refractivity contribution is 6.30. The number of nitrogens with zero attached hydrogens (tertiary/aromatic N) is 3. The molecule has 0 aliphatic carbocycles. The van der Waals surface area contributed by atoms with E-state index < -0.39 is 0 Å². The summed E-state index contributed by atoms with van der Waals surface area (Å²) in [5.74, 6) is 0.293. The highest BCUT2D eigenvalue weighted by Crippen LogP contribution is 2.23. The van der Waals surface area contributed by atoms with Crippen molar-refractivity contribution in [3.05, 3.63) is 82.1 Å². The summed E-state index contributed by atoms with van der Waals surface area (Å²) in [5, 5.41) is 3.78. The van der Waals surface area contributed by atoms with Crippen molar-refractivity contribution in [1.29, 1.82) is 0 Å². The lowest BCUT2D eigenvalue weighted by Crippen LogP contribution is -2.36. The van der Waals surface area contributed by atoms with Crippen molar-refractivity contribution in [2.24, 2.45) is 0 Å². The van der Waals surface area contributed by atoms with Crippen LogP contribution < -0.4 is 5.32 Å². The molecule has 0 fully saturated rings. The summed E-state index contributed by atoms with van der Waals surface area (Å²) in [7, 11) is 0. The van der Waals surface area contributed by atoms with Gasteiger partial charge in [0.1, 0.15) is 5.69 Å². The van der Waals surface area contributed by atoms with Gasteiger partial charge in [0.25, 0.3) is 5.91 Å². The fraction of sp³-hybridized carbons (Fsp3) is 0.190. The number of hydrogen-bond donors (Lipinski definition) is 1. The van der Waals surface area contributed by atoms with Crippen LogP contribution in [0.1, 0.15) is 27.2 Å². The topological polar surface area (TPSA) is 58.1 Å². The number of amides is 1. The number of aryl methyl sites for hydroxylation is 1. The number of rotatable bonds is 3. The van der Waals surface area contributed by atoms with E-state index in [0.29, 0.717) is 29.8 Å². The van der Waals surface area contributed by atoms with Crippen LogP contribution >= 0.6 is 11.6 Å². The van der Waals surface area contributed by atoms with E-state index >= 15 is 0 Å². The first kappa shape index (κ1) is 17.5. The highest BCUT2D eigenvalue weighted by Gasteiger charge is 2.22. The molecule has 1 aliphatic heterocycles. The zero-order chi connectivity index (χ0) is 18.8. The van der Waals surface area contributed by atoms with Gasteiger partial charge in [-0.2, -0.15) is 0 Å². The molecule has 0 atom stereocenters. The van der Waals surface area contributed by atoms with Gasteiger partial charge in [-0.1, -0.05) is 41.9 Å². The van der Waals surface area contributed by atoms with Gasteiger partial charge in [0, 0.05) is 30.0 Å². The predicted molar refractivity (Wildman–Crippen MR) is 106 cm³/mol. The Kier molecular flexibility index (Phi) is 4.77. The van der Waals surface area contributed by atoms with Crippen molar-refractivity contribution >= 4 is 29.1 Å². The van der Waals surface area contributed by atoms with E-state index in [2.05, 4.69) is 27.4 Å². The summed E-state index contributed by atoms with van der Waals surface area (Å²) in [4.78, 5) is 23.4. The number of nitrogens with one attached hydrogen (secondary N) is 1. The summed E-state index contributed by atoms with van der Waals surface area (Å²) in [6, 6.07) is 15.5. The van der Waals surface area contributed by atoms with Crippen molar-refractivity contribution in [3.8, 4) is 0 Å². The normalized spacial score (nSPS) is 13.2. The minimum atomic E-state index is -0.0854. The summed E-state index contributed by atoms with van der Waals surface area (Å²) < 4.78 is 0. The van der Waals surface area contributed by atoms with Crippen LogP contribution in [0, 0.1) is 6.92 Å². The minimum Gasteiger partial charge on any atom is -0.333 e. The number of carbonyl (C=O) groups is 1. The van der Waals surface area contributed by atoms with E-state index in [0.717, 1.165) is 17.7 Å². The predicted octanol–water partition coefficient (Wildman–Crippen LogP) is 4.38. The molecule has 0 saturated heterocycles. The minimum absolute atomic E-state index is 0.0854. The average Bonchev–Trinajstić information content (AvgIpc) is 2.70. The van der Waals surface area contributed by atoms with Gasteiger partial charge in [-0.3, -0.25) is 4.79 Å². The lowest BCUT2D eigenvalue weighted by Gasteiger charge is -2.28. The van der Waals surface area contributed by atoms with Crippen LogP contribution in [-0.2, 0) is 13.0 Å². The Morgan fingerprint density at radius 3 is 2.81 bits per heavy atom. The van der Waals surface area contributed by atoms with Crippen LogP contribution in [0.15, 0.2) is 54.7 Å². The Balaban J connectivity index is 1.54. The third kappa shape index (κ3) is 3.78. The van der Waals surface area contributed by atoms with Gasteiger partial charge in [-0.15, -0.1) is 0 Å². The molecule has 1 aromatic heterocycles.